The maximum absolute atomic E-state index is 13.2. The Morgan fingerprint density at radius 3 is 2.75 bits per heavy atom. The topological polar surface area (TPSA) is 35.2 Å². The fourth-order valence-corrected chi connectivity index (χ4v) is 1.80. The summed E-state index contributed by atoms with van der Waals surface area (Å²) in [7, 11) is 0. The summed E-state index contributed by atoms with van der Waals surface area (Å²) < 4.78 is 19.0. The molecule has 2 aromatic rings. The van der Waals surface area contributed by atoms with E-state index in [4.69, 9.17) is 10.5 Å². The van der Waals surface area contributed by atoms with Crippen molar-refractivity contribution >= 4 is 0 Å². The molecule has 0 bridgehead atoms. The van der Waals surface area contributed by atoms with Crippen LogP contribution in [0.2, 0.25) is 0 Å². The van der Waals surface area contributed by atoms with Gasteiger partial charge in [-0.2, -0.15) is 0 Å². The molecule has 0 aliphatic carbocycles. The van der Waals surface area contributed by atoms with Gasteiger partial charge in [-0.05, 0) is 36.2 Å². The van der Waals surface area contributed by atoms with Gasteiger partial charge in [-0.3, -0.25) is 0 Å². The molecule has 0 aliphatic heterocycles. The van der Waals surface area contributed by atoms with Gasteiger partial charge in [-0.15, -0.1) is 0 Å². The smallest absolute Gasteiger partial charge is 0.135 e. The van der Waals surface area contributed by atoms with Gasteiger partial charge in [0.25, 0.3) is 0 Å². The van der Waals surface area contributed by atoms with Crippen LogP contribution in [-0.2, 0) is 6.61 Å². The first-order valence-electron chi connectivity index (χ1n) is 6.36. The summed E-state index contributed by atoms with van der Waals surface area (Å²) in [5, 5.41) is 0. The molecule has 0 saturated carbocycles. The predicted molar refractivity (Wildman–Crippen MR) is 77.8 cm³/mol. The van der Waals surface area contributed by atoms with Gasteiger partial charge in [-0.1, -0.05) is 36.1 Å². The van der Waals surface area contributed by atoms with Crippen molar-refractivity contribution in [2.24, 2.45) is 5.73 Å². The second kappa shape index (κ2) is 6.74. The molecule has 0 atom stereocenters. The highest BCUT2D eigenvalue weighted by Crippen LogP contribution is 2.20. The number of benzene rings is 2. The largest absolute Gasteiger partial charge is 0.488 e. The second-order valence-corrected chi connectivity index (χ2v) is 4.36. The van der Waals surface area contributed by atoms with Gasteiger partial charge < -0.3 is 10.5 Å². The molecule has 0 amide bonds. The summed E-state index contributed by atoms with van der Waals surface area (Å²) in [4.78, 5) is 0. The van der Waals surface area contributed by atoms with Crippen LogP contribution in [0.15, 0.2) is 42.5 Å². The highest BCUT2D eigenvalue weighted by molar-refractivity contribution is 5.46. The van der Waals surface area contributed by atoms with Crippen molar-refractivity contribution in [1.82, 2.24) is 0 Å². The van der Waals surface area contributed by atoms with Crippen molar-refractivity contribution < 1.29 is 9.13 Å². The third kappa shape index (κ3) is 3.59. The van der Waals surface area contributed by atoms with E-state index in [1.165, 1.54) is 12.1 Å². The number of hydrogen-bond acceptors (Lipinski definition) is 2. The van der Waals surface area contributed by atoms with E-state index < -0.39 is 0 Å². The van der Waals surface area contributed by atoms with Gasteiger partial charge >= 0.3 is 0 Å². The van der Waals surface area contributed by atoms with Crippen LogP contribution in [0.5, 0.6) is 5.75 Å². The van der Waals surface area contributed by atoms with Gasteiger partial charge in [0.2, 0.25) is 0 Å². The van der Waals surface area contributed by atoms with Crippen LogP contribution < -0.4 is 10.5 Å². The molecule has 2 N–H and O–H groups in total. The number of rotatable bonds is 3. The first-order chi connectivity index (χ1) is 9.70. The van der Waals surface area contributed by atoms with Crippen molar-refractivity contribution in [3.8, 4) is 17.6 Å². The molecule has 2 rings (SSSR count). The Bertz CT molecular complexity index is 656. The molecule has 0 unspecified atom stereocenters. The molecule has 0 aliphatic rings. The SMILES string of the molecule is Cc1ccccc1COc1ccc(F)cc1C#CCN. The normalized spacial score (nSPS) is 9.75. The van der Waals surface area contributed by atoms with Crippen molar-refractivity contribution in [3.05, 3.63) is 65.0 Å². The van der Waals surface area contributed by atoms with Crippen LogP contribution in [0.1, 0.15) is 16.7 Å². The third-order valence-electron chi connectivity index (χ3n) is 2.91. The summed E-state index contributed by atoms with van der Waals surface area (Å²) in [5.41, 5.74) is 8.11. The van der Waals surface area contributed by atoms with E-state index in [0.29, 0.717) is 17.9 Å². The zero-order valence-corrected chi connectivity index (χ0v) is 11.3. The molecule has 2 nitrogen and oxygen atoms in total. The number of nitrogens with two attached hydrogens (primary N) is 1. The molecule has 0 radical (unpaired) electrons. The van der Waals surface area contributed by atoms with Crippen LogP contribution in [0.25, 0.3) is 0 Å². The molecular weight excluding hydrogens is 253 g/mol. The summed E-state index contributed by atoms with van der Waals surface area (Å²) in [5.74, 6) is 5.76. The van der Waals surface area contributed by atoms with Crippen LogP contribution in [0.3, 0.4) is 0 Å². The van der Waals surface area contributed by atoms with E-state index >= 15 is 0 Å². The summed E-state index contributed by atoms with van der Waals surface area (Å²) >= 11 is 0. The number of aryl methyl sites for hydroxylation is 1. The van der Waals surface area contributed by atoms with Crippen molar-refractivity contribution in [3.63, 3.8) is 0 Å². The van der Waals surface area contributed by atoms with Gasteiger partial charge in [0, 0.05) is 0 Å². The minimum Gasteiger partial charge on any atom is -0.488 e. The summed E-state index contributed by atoms with van der Waals surface area (Å²) in [6.45, 7) is 2.68. The first kappa shape index (κ1) is 14.1. The molecule has 0 fully saturated rings. The van der Waals surface area contributed by atoms with E-state index in [1.807, 2.05) is 31.2 Å². The van der Waals surface area contributed by atoms with Gasteiger partial charge in [0.1, 0.15) is 18.2 Å². The molecule has 0 spiro atoms. The zero-order valence-electron chi connectivity index (χ0n) is 11.3. The Labute approximate surface area is 118 Å². The van der Waals surface area contributed by atoms with E-state index in [9.17, 15) is 4.39 Å². The van der Waals surface area contributed by atoms with Gasteiger partial charge in [0.15, 0.2) is 0 Å². The molecule has 2 aromatic carbocycles. The molecule has 0 heterocycles. The lowest BCUT2D eigenvalue weighted by atomic mass is 10.1. The van der Waals surface area contributed by atoms with E-state index in [2.05, 4.69) is 11.8 Å². The molecule has 3 heteroatoms. The maximum Gasteiger partial charge on any atom is 0.135 e. The van der Waals surface area contributed by atoms with E-state index in [-0.39, 0.29) is 12.4 Å². The third-order valence-corrected chi connectivity index (χ3v) is 2.91. The Morgan fingerprint density at radius 2 is 2.00 bits per heavy atom. The first-order valence-corrected chi connectivity index (χ1v) is 6.36. The van der Waals surface area contributed by atoms with E-state index in [0.717, 1.165) is 11.1 Å². The highest BCUT2D eigenvalue weighted by Gasteiger charge is 2.05. The standard InChI is InChI=1S/C17H16FNO/c1-13-5-2-3-6-15(13)12-20-17-9-8-16(18)11-14(17)7-4-10-19/h2-3,5-6,8-9,11H,10,12,19H2,1H3. The molecule has 20 heavy (non-hydrogen) atoms. The van der Waals surface area contributed by atoms with Gasteiger partial charge in [-0.25, -0.2) is 4.39 Å². The Balaban J connectivity index is 2.19. The Morgan fingerprint density at radius 1 is 1.20 bits per heavy atom. The molecular formula is C17H16FNO. The average molecular weight is 269 g/mol. The van der Waals surface area contributed by atoms with Gasteiger partial charge in [0.05, 0.1) is 12.1 Å². The lowest BCUT2D eigenvalue weighted by molar-refractivity contribution is 0.304. The summed E-state index contributed by atoms with van der Waals surface area (Å²) in [6.07, 6.45) is 0. The lowest BCUT2D eigenvalue weighted by Gasteiger charge is -2.10. The van der Waals surface area contributed by atoms with Crippen LogP contribution in [-0.4, -0.2) is 6.54 Å². The maximum atomic E-state index is 13.2. The molecule has 0 saturated heterocycles. The minimum absolute atomic E-state index is 0.230. The fourth-order valence-electron chi connectivity index (χ4n) is 1.80. The second-order valence-electron chi connectivity index (χ2n) is 4.36. The predicted octanol–water partition coefficient (Wildman–Crippen LogP) is 3.02. The van der Waals surface area contributed by atoms with Crippen molar-refractivity contribution in [2.45, 2.75) is 13.5 Å². The highest BCUT2D eigenvalue weighted by atomic mass is 19.1. The Hall–Kier alpha value is -2.31. The Kier molecular flexibility index (Phi) is 4.75. The fraction of sp³-hybridized carbons (Fsp3) is 0.176. The van der Waals surface area contributed by atoms with Crippen LogP contribution in [0.4, 0.5) is 4.39 Å². The summed E-state index contributed by atoms with van der Waals surface area (Å²) in [6, 6.07) is 12.3. The number of halogens is 1. The lowest BCUT2D eigenvalue weighted by Crippen LogP contribution is -2.00. The quantitative estimate of drug-likeness (QED) is 0.869. The molecule has 0 aromatic heterocycles. The molecule has 102 valence electrons. The minimum atomic E-state index is -0.338. The number of hydrogen-bond donors (Lipinski definition) is 1. The van der Waals surface area contributed by atoms with Crippen LogP contribution >= 0.6 is 0 Å². The number of ether oxygens (including phenoxy) is 1. The monoisotopic (exact) mass is 269 g/mol. The van der Waals surface area contributed by atoms with E-state index in [1.54, 1.807) is 6.07 Å². The van der Waals surface area contributed by atoms with Crippen molar-refractivity contribution in [2.75, 3.05) is 6.54 Å². The van der Waals surface area contributed by atoms with Crippen molar-refractivity contribution in [1.29, 1.82) is 0 Å². The van der Waals surface area contributed by atoms with Crippen LogP contribution in [0, 0.1) is 24.6 Å². The average Bonchev–Trinajstić information content (AvgIpc) is 2.45. The zero-order chi connectivity index (χ0) is 14.4.